The minimum atomic E-state index is -1.03. The van der Waals surface area contributed by atoms with Crippen LogP contribution in [-0.2, 0) is 14.3 Å². The first-order valence-corrected chi connectivity index (χ1v) is 10.4. The number of aliphatic carboxylic acids is 1. The molecule has 0 aliphatic carbocycles. The van der Waals surface area contributed by atoms with E-state index in [4.69, 9.17) is 29.8 Å². The Morgan fingerprint density at radius 2 is 1.57 bits per heavy atom. The quantitative estimate of drug-likeness (QED) is 0.170. The number of amides is 1. The van der Waals surface area contributed by atoms with Gasteiger partial charge in [-0.1, -0.05) is 24.3 Å². The average molecular weight is 509 g/mol. The summed E-state index contributed by atoms with van der Waals surface area (Å²) in [5.74, 6) is 0.110. The lowest BCUT2D eigenvalue weighted by Crippen LogP contribution is -2.42. The maximum Gasteiger partial charge on any atom is 0.513 e. The van der Waals surface area contributed by atoms with E-state index in [1.807, 2.05) is 24.3 Å². The molecule has 0 saturated carbocycles. The van der Waals surface area contributed by atoms with Gasteiger partial charge in [-0.25, -0.2) is 4.79 Å². The molecule has 4 N–H and O–H groups in total. The predicted octanol–water partition coefficient (Wildman–Crippen LogP) is 3.12. The third kappa shape index (κ3) is 10.8. The number of nitrogens with two attached hydrogens (primary N) is 1. The number of hydrogen-bond donors (Lipinski definition) is 3. The lowest BCUT2D eigenvalue weighted by Gasteiger charge is -2.11. The van der Waals surface area contributed by atoms with Gasteiger partial charge < -0.3 is 35.1 Å². The van der Waals surface area contributed by atoms with E-state index in [9.17, 15) is 14.4 Å². The number of carbonyl (C=O) groups is 3. The maximum absolute atomic E-state index is 11.8. The molecule has 0 aliphatic heterocycles. The molecule has 0 fully saturated rings. The summed E-state index contributed by atoms with van der Waals surface area (Å²) in [7, 11) is 3.17. The van der Waals surface area contributed by atoms with Gasteiger partial charge >= 0.3 is 12.1 Å². The number of halogens is 1. The zero-order valence-electron chi connectivity index (χ0n) is 19.4. The van der Waals surface area contributed by atoms with Gasteiger partial charge in [-0.05, 0) is 41.8 Å². The van der Waals surface area contributed by atoms with Crippen molar-refractivity contribution in [3.8, 4) is 17.2 Å². The number of carboxylic acid groups (broad SMARTS) is 1. The third-order valence-electron chi connectivity index (χ3n) is 4.55. The summed E-state index contributed by atoms with van der Waals surface area (Å²) in [4.78, 5) is 34.0. The summed E-state index contributed by atoms with van der Waals surface area (Å²) in [6.45, 7) is -0.103. The van der Waals surface area contributed by atoms with Crippen LogP contribution in [-0.4, -0.2) is 56.6 Å². The van der Waals surface area contributed by atoms with E-state index in [0.29, 0.717) is 17.2 Å². The summed E-state index contributed by atoms with van der Waals surface area (Å²) >= 11 is 0. The normalized spacial score (nSPS) is 11.2. The van der Waals surface area contributed by atoms with E-state index in [-0.39, 0.29) is 38.4 Å². The number of carboxylic acids is 1. The van der Waals surface area contributed by atoms with Crippen LogP contribution in [0.4, 0.5) is 4.79 Å². The molecule has 2 rings (SSSR count). The van der Waals surface area contributed by atoms with Gasteiger partial charge in [0.15, 0.2) is 0 Å². The number of hydrogen-bond acceptors (Lipinski definition) is 8. The molecule has 0 radical (unpaired) electrons. The molecule has 2 aromatic carbocycles. The molecule has 35 heavy (non-hydrogen) atoms. The minimum Gasteiger partial charge on any atom is -0.497 e. The van der Waals surface area contributed by atoms with Gasteiger partial charge in [-0.2, -0.15) is 0 Å². The van der Waals surface area contributed by atoms with Crippen molar-refractivity contribution in [3.63, 3.8) is 0 Å². The van der Waals surface area contributed by atoms with Crippen molar-refractivity contribution >= 4 is 42.6 Å². The van der Waals surface area contributed by atoms with Gasteiger partial charge in [0, 0.05) is 12.5 Å². The van der Waals surface area contributed by atoms with E-state index in [2.05, 4.69) is 5.32 Å². The second kappa shape index (κ2) is 15.2. The average Bonchev–Trinajstić information content (AvgIpc) is 2.84. The minimum absolute atomic E-state index is 0. The SMILES string of the molecule is COc1cc(C=Cc2ccc(OC(=O)OCCNC(=O)C(N)CCC(=O)O)cc2)cc(OC)c1.Cl. The molecule has 0 spiro atoms. The Kier molecular flexibility index (Phi) is 12.7. The largest absolute Gasteiger partial charge is 0.513 e. The fourth-order valence-corrected chi connectivity index (χ4v) is 2.74. The predicted molar refractivity (Wildman–Crippen MR) is 132 cm³/mol. The van der Waals surface area contributed by atoms with Crippen LogP contribution in [0.5, 0.6) is 17.2 Å². The topological polar surface area (TPSA) is 146 Å². The maximum atomic E-state index is 11.8. The number of rotatable bonds is 12. The van der Waals surface area contributed by atoms with E-state index in [1.54, 1.807) is 44.6 Å². The fourth-order valence-electron chi connectivity index (χ4n) is 2.74. The molecule has 1 atom stereocenters. The summed E-state index contributed by atoms with van der Waals surface area (Å²) < 4.78 is 20.5. The van der Waals surface area contributed by atoms with Crippen molar-refractivity contribution in [2.45, 2.75) is 18.9 Å². The third-order valence-corrected chi connectivity index (χ3v) is 4.55. The van der Waals surface area contributed by atoms with Gasteiger partial charge in [0.25, 0.3) is 0 Å². The van der Waals surface area contributed by atoms with E-state index in [1.165, 1.54) is 0 Å². The van der Waals surface area contributed by atoms with Crippen molar-refractivity contribution in [1.82, 2.24) is 5.32 Å². The van der Waals surface area contributed by atoms with Gasteiger partial charge in [0.05, 0.1) is 26.8 Å². The number of carbonyl (C=O) groups excluding carboxylic acids is 2. The first-order valence-electron chi connectivity index (χ1n) is 10.4. The molecule has 0 aromatic heterocycles. The Hall–Kier alpha value is -3.76. The summed E-state index contributed by atoms with van der Waals surface area (Å²) in [5, 5.41) is 11.1. The van der Waals surface area contributed by atoms with Crippen molar-refractivity contribution in [2.75, 3.05) is 27.4 Å². The van der Waals surface area contributed by atoms with Crippen molar-refractivity contribution < 1.29 is 38.4 Å². The Bertz CT molecular complexity index is 989. The van der Waals surface area contributed by atoms with Crippen LogP contribution in [0, 0.1) is 0 Å². The van der Waals surface area contributed by atoms with Gasteiger partial charge in [0.2, 0.25) is 5.91 Å². The van der Waals surface area contributed by atoms with Crippen LogP contribution in [0.25, 0.3) is 12.2 Å². The summed E-state index contributed by atoms with van der Waals surface area (Å²) in [6.07, 6.45) is 2.68. The molecular formula is C24H29ClN2O8. The van der Waals surface area contributed by atoms with Crippen molar-refractivity contribution in [3.05, 3.63) is 53.6 Å². The van der Waals surface area contributed by atoms with Crippen LogP contribution < -0.4 is 25.3 Å². The number of nitrogens with one attached hydrogen (secondary N) is 1. The first kappa shape index (κ1) is 29.3. The van der Waals surface area contributed by atoms with Crippen molar-refractivity contribution in [2.24, 2.45) is 5.73 Å². The molecule has 1 unspecified atom stereocenters. The molecule has 10 nitrogen and oxygen atoms in total. The van der Waals surface area contributed by atoms with Crippen LogP contribution in [0.15, 0.2) is 42.5 Å². The number of methoxy groups -OCH3 is 2. The Labute approximate surface area is 209 Å². The Balaban J connectivity index is 0.00000612. The smallest absolute Gasteiger partial charge is 0.497 e. The molecule has 2 aromatic rings. The highest BCUT2D eigenvalue weighted by molar-refractivity contribution is 5.85. The molecule has 190 valence electrons. The molecule has 0 saturated heterocycles. The molecule has 0 bridgehead atoms. The van der Waals surface area contributed by atoms with Crippen LogP contribution in [0.3, 0.4) is 0 Å². The lowest BCUT2D eigenvalue weighted by molar-refractivity contribution is -0.137. The van der Waals surface area contributed by atoms with E-state index >= 15 is 0 Å². The van der Waals surface area contributed by atoms with Gasteiger partial charge in [-0.3, -0.25) is 9.59 Å². The van der Waals surface area contributed by atoms with E-state index < -0.39 is 24.1 Å². The van der Waals surface area contributed by atoms with Crippen molar-refractivity contribution in [1.29, 1.82) is 0 Å². The molecule has 0 heterocycles. The standard InChI is InChI=1S/C24H28N2O8.ClH/c1-31-19-13-17(14-20(15-19)32-2)4-3-16-5-7-18(8-6-16)34-24(30)33-12-11-26-23(29)21(25)9-10-22(27)28;/h3-8,13-15,21H,9-12,25H2,1-2H3,(H,26,29)(H,27,28);1H. The monoisotopic (exact) mass is 508 g/mol. The van der Waals surface area contributed by atoms with Gasteiger partial charge in [-0.15, -0.1) is 12.4 Å². The highest BCUT2D eigenvalue weighted by Gasteiger charge is 2.14. The second-order valence-electron chi connectivity index (χ2n) is 7.08. The van der Waals surface area contributed by atoms with Crippen LogP contribution >= 0.6 is 12.4 Å². The highest BCUT2D eigenvalue weighted by Crippen LogP contribution is 2.24. The summed E-state index contributed by atoms with van der Waals surface area (Å²) in [5.41, 5.74) is 7.36. The first-order chi connectivity index (χ1) is 16.3. The van der Waals surface area contributed by atoms with Gasteiger partial charge in [0.1, 0.15) is 23.9 Å². The molecule has 1 amide bonds. The fraction of sp³-hybridized carbons (Fsp3) is 0.292. The van der Waals surface area contributed by atoms with Crippen LogP contribution in [0.2, 0.25) is 0 Å². The second-order valence-corrected chi connectivity index (χ2v) is 7.08. The lowest BCUT2D eigenvalue weighted by atomic mass is 10.1. The molecule has 11 heteroatoms. The highest BCUT2D eigenvalue weighted by atomic mass is 35.5. The number of ether oxygens (including phenoxy) is 4. The van der Waals surface area contributed by atoms with Crippen LogP contribution in [0.1, 0.15) is 24.0 Å². The zero-order valence-corrected chi connectivity index (χ0v) is 20.2. The molecule has 0 aliphatic rings. The zero-order chi connectivity index (χ0) is 24.9. The summed E-state index contributed by atoms with van der Waals surface area (Å²) in [6, 6.07) is 11.4. The molecular weight excluding hydrogens is 480 g/mol. The van der Waals surface area contributed by atoms with E-state index in [0.717, 1.165) is 11.1 Å². The Morgan fingerprint density at radius 3 is 2.14 bits per heavy atom. The number of benzene rings is 2. The Morgan fingerprint density at radius 1 is 0.971 bits per heavy atom.